The van der Waals surface area contributed by atoms with E-state index in [1.165, 1.54) is 0 Å². The highest BCUT2D eigenvalue weighted by atomic mass is 16.7. The lowest BCUT2D eigenvalue weighted by Crippen LogP contribution is -2.31. The summed E-state index contributed by atoms with van der Waals surface area (Å²) in [4.78, 5) is 0. The fourth-order valence-electron chi connectivity index (χ4n) is 2.44. The quantitative estimate of drug-likeness (QED) is 0.433. The highest BCUT2D eigenvalue weighted by molar-refractivity contribution is 5.22. The van der Waals surface area contributed by atoms with Crippen LogP contribution in [0.3, 0.4) is 0 Å². The van der Waals surface area contributed by atoms with Crippen LogP contribution in [-0.2, 0) is 14.2 Å². The minimum absolute atomic E-state index is 0.127. The van der Waals surface area contributed by atoms with Crippen LogP contribution in [0.4, 0.5) is 0 Å². The molecule has 1 spiro atoms. The monoisotopic (exact) mass is 140 g/mol. The van der Waals surface area contributed by atoms with E-state index >= 15 is 0 Å². The van der Waals surface area contributed by atoms with Gasteiger partial charge in [0.05, 0.1) is 12.7 Å². The van der Waals surface area contributed by atoms with E-state index in [9.17, 15) is 0 Å². The van der Waals surface area contributed by atoms with Gasteiger partial charge in [-0.15, -0.1) is 0 Å². The zero-order chi connectivity index (χ0) is 6.34. The molecule has 4 heterocycles. The van der Waals surface area contributed by atoms with Crippen LogP contribution in [0.15, 0.2) is 0 Å². The lowest BCUT2D eigenvalue weighted by atomic mass is 9.90. The van der Waals surface area contributed by atoms with Crippen molar-refractivity contribution < 1.29 is 14.2 Å². The van der Waals surface area contributed by atoms with Crippen LogP contribution >= 0.6 is 0 Å². The molecule has 54 valence electrons. The zero-order valence-electron chi connectivity index (χ0n) is 5.45. The van der Waals surface area contributed by atoms with Gasteiger partial charge in [-0.3, -0.25) is 0 Å². The predicted octanol–water partition coefficient (Wildman–Crippen LogP) is -0.306. The fraction of sp³-hybridized carbons (Fsp3) is 1.00. The Balaban J connectivity index is 1.84. The van der Waals surface area contributed by atoms with Gasteiger partial charge in [0.1, 0.15) is 23.9 Å². The molecule has 5 atom stereocenters. The minimum atomic E-state index is 0.127. The third-order valence-electron chi connectivity index (χ3n) is 3.13. The van der Waals surface area contributed by atoms with Crippen molar-refractivity contribution >= 4 is 0 Å². The number of hydrogen-bond acceptors (Lipinski definition) is 3. The number of epoxide rings is 2. The average Bonchev–Trinajstić information content (AvgIpc) is 2.77. The maximum atomic E-state index is 5.66. The van der Waals surface area contributed by atoms with E-state index in [4.69, 9.17) is 14.2 Å². The normalized spacial score (nSPS) is 74.4. The molecule has 0 aliphatic carbocycles. The van der Waals surface area contributed by atoms with Gasteiger partial charge in [0.25, 0.3) is 0 Å². The van der Waals surface area contributed by atoms with Gasteiger partial charge in [-0.25, -0.2) is 0 Å². The van der Waals surface area contributed by atoms with E-state index < -0.39 is 0 Å². The summed E-state index contributed by atoms with van der Waals surface area (Å²) < 4.78 is 16.5. The van der Waals surface area contributed by atoms with Crippen LogP contribution in [-0.4, -0.2) is 36.6 Å². The van der Waals surface area contributed by atoms with E-state index in [2.05, 4.69) is 0 Å². The SMILES string of the molecule is C1OC12CC1OC2C2OC12. The first kappa shape index (κ1) is 4.70. The van der Waals surface area contributed by atoms with Crippen LogP contribution in [0.5, 0.6) is 0 Å². The van der Waals surface area contributed by atoms with Gasteiger partial charge in [0.2, 0.25) is 0 Å². The fourth-order valence-corrected chi connectivity index (χ4v) is 2.44. The predicted molar refractivity (Wildman–Crippen MR) is 30.6 cm³/mol. The lowest BCUT2D eigenvalue weighted by Gasteiger charge is -2.09. The van der Waals surface area contributed by atoms with E-state index in [1.54, 1.807) is 0 Å². The van der Waals surface area contributed by atoms with Gasteiger partial charge in [-0.2, -0.15) is 0 Å². The smallest absolute Gasteiger partial charge is 0.123 e. The molecule has 0 aromatic heterocycles. The first-order chi connectivity index (χ1) is 4.89. The Morgan fingerprint density at radius 3 is 2.70 bits per heavy atom. The van der Waals surface area contributed by atoms with Crippen LogP contribution in [0, 0.1) is 0 Å². The summed E-state index contributed by atoms with van der Waals surface area (Å²) in [6, 6.07) is 0. The first-order valence-electron chi connectivity index (χ1n) is 3.84. The van der Waals surface area contributed by atoms with Crippen molar-refractivity contribution in [1.82, 2.24) is 0 Å². The van der Waals surface area contributed by atoms with Crippen molar-refractivity contribution in [2.75, 3.05) is 6.61 Å². The summed E-state index contributed by atoms with van der Waals surface area (Å²) in [5, 5.41) is 0. The van der Waals surface area contributed by atoms with E-state index in [1.807, 2.05) is 0 Å². The molecular formula is C7H8O3. The minimum Gasteiger partial charge on any atom is -0.367 e. The zero-order valence-corrected chi connectivity index (χ0v) is 5.45. The maximum absolute atomic E-state index is 5.66. The van der Waals surface area contributed by atoms with Gasteiger partial charge in [0, 0.05) is 6.42 Å². The van der Waals surface area contributed by atoms with Gasteiger partial charge < -0.3 is 14.2 Å². The largest absolute Gasteiger partial charge is 0.367 e. The summed E-state index contributed by atoms with van der Waals surface area (Å²) >= 11 is 0. The Labute approximate surface area is 58.2 Å². The summed E-state index contributed by atoms with van der Waals surface area (Å²) in [7, 11) is 0. The van der Waals surface area contributed by atoms with Crippen LogP contribution in [0.2, 0.25) is 0 Å². The van der Waals surface area contributed by atoms with E-state index in [-0.39, 0.29) is 5.60 Å². The standard InChI is InChI=1S/C7H8O3/c1-3-4-5(10-4)6(9-3)7(1)2-8-7/h3-6H,1-2H2. The molecule has 0 N–H and O–H groups in total. The Hall–Kier alpha value is -0.120. The summed E-state index contributed by atoms with van der Waals surface area (Å²) in [5.41, 5.74) is 0.127. The van der Waals surface area contributed by atoms with E-state index in [0.29, 0.717) is 24.4 Å². The second-order valence-electron chi connectivity index (χ2n) is 3.72. The average molecular weight is 140 g/mol. The molecule has 0 aromatic carbocycles. The van der Waals surface area contributed by atoms with Gasteiger partial charge in [-0.05, 0) is 0 Å². The Morgan fingerprint density at radius 1 is 1.20 bits per heavy atom. The van der Waals surface area contributed by atoms with Crippen LogP contribution in [0.1, 0.15) is 6.42 Å². The summed E-state index contributed by atoms with van der Waals surface area (Å²) in [6.45, 7) is 0.904. The lowest BCUT2D eigenvalue weighted by molar-refractivity contribution is 0.00666. The molecule has 2 bridgehead atoms. The molecule has 3 heteroatoms. The molecule has 0 aromatic rings. The van der Waals surface area contributed by atoms with Crippen molar-refractivity contribution in [3.8, 4) is 0 Å². The number of hydrogen-bond donors (Lipinski definition) is 0. The molecule has 4 aliphatic heterocycles. The van der Waals surface area contributed by atoms with Gasteiger partial charge in [0.15, 0.2) is 0 Å². The number of rotatable bonds is 0. The second kappa shape index (κ2) is 1.05. The van der Waals surface area contributed by atoms with E-state index in [0.717, 1.165) is 13.0 Å². The highest BCUT2D eigenvalue weighted by Crippen LogP contribution is 2.58. The summed E-state index contributed by atoms with van der Waals surface area (Å²) in [5.74, 6) is 0. The van der Waals surface area contributed by atoms with Gasteiger partial charge in [-0.1, -0.05) is 0 Å². The Bertz CT molecular complexity index is 211. The van der Waals surface area contributed by atoms with Crippen molar-refractivity contribution in [2.45, 2.75) is 36.4 Å². The molecular weight excluding hydrogens is 132 g/mol. The molecule has 0 radical (unpaired) electrons. The Morgan fingerprint density at radius 2 is 2.10 bits per heavy atom. The van der Waals surface area contributed by atoms with Crippen LogP contribution < -0.4 is 0 Å². The molecule has 3 nitrogen and oxygen atoms in total. The molecule has 0 amide bonds. The van der Waals surface area contributed by atoms with Crippen molar-refractivity contribution in [2.24, 2.45) is 0 Å². The Kier molecular flexibility index (Phi) is 0.495. The van der Waals surface area contributed by atoms with Crippen LogP contribution in [0.25, 0.3) is 0 Å². The molecule has 5 unspecified atom stereocenters. The van der Waals surface area contributed by atoms with Gasteiger partial charge >= 0.3 is 0 Å². The molecule has 10 heavy (non-hydrogen) atoms. The third kappa shape index (κ3) is 0.325. The maximum Gasteiger partial charge on any atom is 0.123 e. The third-order valence-corrected chi connectivity index (χ3v) is 3.13. The van der Waals surface area contributed by atoms with Crippen molar-refractivity contribution in [3.05, 3.63) is 0 Å². The molecule has 0 saturated carbocycles. The number of fused-ring (bicyclic) bond motifs is 6. The topological polar surface area (TPSA) is 34.3 Å². The van der Waals surface area contributed by atoms with Crippen molar-refractivity contribution in [3.63, 3.8) is 0 Å². The molecule has 4 fully saturated rings. The molecule has 4 saturated heterocycles. The second-order valence-corrected chi connectivity index (χ2v) is 3.72. The molecule has 4 aliphatic rings. The first-order valence-corrected chi connectivity index (χ1v) is 3.84. The highest BCUT2D eigenvalue weighted by Gasteiger charge is 2.75. The van der Waals surface area contributed by atoms with Crippen molar-refractivity contribution in [1.29, 1.82) is 0 Å². The molecule has 4 rings (SSSR count). The summed E-state index contributed by atoms with van der Waals surface area (Å²) in [6.07, 6.45) is 2.60. The number of ether oxygens (including phenoxy) is 3.